The molecule has 0 aliphatic heterocycles. The van der Waals surface area contributed by atoms with Crippen LogP contribution in [0.4, 0.5) is 0 Å². The summed E-state index contributed by atoms with van der Waals surface area (Å²) < 4.78 is 0. The standard InChI is InChI=1S/C7H11N3O2/c8-7(9)10-4-2-1-3-5(11)6(4)12/h4H,1-3H2,(H4,8,9,10). The van der Waals surface area contributed by atoms with Gasteiger partial charge in [0.15, 0.2) is 5.96 Å². The molecule has 0 aromatic heterocycles. The maximum Gasteiger partial charge on any atom is 0.222 e. The molecule has 1 atom stereocenters. The molecule has 0 amide bonds. The summed E-state index contributed by atoms with van der Waals surface area (Å²) in [5.41, 5.74) is 10.2. The summed E-state index contributed by atoms with van der Waals surface area (Å²) in [7, 11) is 0. The van der Waals surface area contributed by atoms with Crippen molar-refractivity contribution >= 4 is 17.5 Å². The van der Waals surface area contributed by atoms with Gasteiger partial charge in [-0.2, -0.15) is 0 Å². The summed E-state index contributed by atoms with van der Waals surface area (Å²) in [6, 6.07) is -0.628. The van der Waals surface area contributed by atoms with Crippen LogP contribution in [0.3, 0.4) is 0 Å². The number of nitrogens with zero attached hydrogens (tertiary/aromatic N) is 1. The third-order valence-electron chi connectivity index (χ3n) is 1.76. The number of aliphatic imine (C=N–C) groups is 1. The van der Waals surface area contributed by atoms with Crippen molar-refractivity contribution in [1.82, 2.24) is 0 Å². The number of Topliss-reactive ketones (excluding diaryl/α,β-unsaturated/α-hetero) is 2. The molecule has 5 nitrogen and oxygen atoms in total. The molecule has 1 aliphatic rings. The van der Waals surface area contributed by atoms with Gasteiger partial charge in [0.2, 0.25) is 11.6 Å². The van der Waals surface area contributed by atoms with Gasteiger partial charge in [0.1, 0.15) is 6.04 Å². The van der Waals surface area contributed by atoms with E-state index in [1.54, 1.807) is 0 Å². The number of rotatable bonds is 1. The first-order valence-electron chi connectivity index (χ1n) is 3.77. The minimum absolute atomic E-state index is 0.136. The third kappa shape index (κ3) is 1.81. The van der Waals surface area contributed by atoms with Crippen molar-refractivity contribution < 1.29 is 9.59 Å². The summed E-state index contributed by atoms with van der Waals surface area (Å²) in [6.07, 6.45) is 1.59. The summed E-state index contributed by atoms with van der Waals surface area (Å²) in [5.74, 6) is -0.964. The number of hydrogen-bond acceptors (Lipinski definition) is 3. The summed E-state index contributed by atoms with van der Waals surface area (Å²) >= 11 is 0. The van der Waals surface area contributed by atoms with Gasteiger partial charge >= 0.3 is 0 Å². The van der Waals surface area contributed by atoms with E-state index in [0.717, 1.165) is 0 Å². The molecule has 0 heterocycles. The lowest BCUT2D eigenvalue weighted by Crippen LogP contribution is -2.35. The van der Waals surface area contributed by atoms with Gasteiger partial charge in [-0.1, -0.05) is 0 Å². The van der Waals surface area contributed by atoms with E-state index < -0.39 is 11.8 Å². The maximum atomic E-state index is 11.1. The zero-order chi connectivity index (χ0) is 9.14. The van der Waals surface area contributed by atoms with Gasteiger partial charge < -0.3 is 11.5 Å². The second kappa shape index (κ2) is 3.34. The van der Waals surface area contributed by atoms with Crippen LogP contribution in [-0.2, 0) is 9.59 Å². The fourth-order valence-electron chi connectivity index (χ4n) is 1.20. The lowest BCUT2D eigenvalue weighted by Gasteiger charge is -2.15. The Bertz CT molecular complexity index is 243. The predicted molar refractivity (Wildman–Crippen MR) is 43.5 cm³/mol. The molecule has 12 heavy (non-hydrogen) atoms. The fraction of sp³-hybridized carbons (Fsp3) is 0.571. The van der Waals surface area contributed by atoms with Crippen LogP contribution in [0.5, 0.6) is 0 Å². The fourth-order valence-corrected chi connectivity index (χ4v) is 1.20. The Balaban J connectivity index is 2.71. The molecule has 0 radical (unpaired) electrons. The van der Waals surface area contributed by atoms with Crippen LogP contribution in [0.2, 0.25) is 0 Å². The van der Waals surface area contributed by atoms with Gasteiger partial charge in [-0.05, 0) is 12.8 Å². The normalized spacial score (nSPS) is 23.8. The van der Waals surface area contributed by atoms with Crippen molar-refractivity contribution in [2.24, 2.45) is 16.5 Å². The Morgan fingerprint density at radius 2 is 2.08 bits per heavy atom. The molecule has 1 rings (SSSR count). The van der Waals surface area contributed by atoms with Crippen LogP contribution < -0.4 is 11.5 Å². The van der Waals surface area contributed by atoms with Crippen LogP contribution in [0.25, 0.3) is 0 Å². The molecule has 0 spiro atoms. The van der Waals surface area contributed by atoms with E-state index in [-0.39, 0.29) is 11.7 Å². The topological polar surface area (TPSA) is 98.5 Å². The Morgan fingerprint density at radius 3 is 2.67 bits per heavy atom. The van der Waals surface area contributed by atoms with Crippen molar-refractivity contribution in [2.45, 2.75) is 25.3 Å². The number of carbonyl (C=O) groups is 2. The average molecular weight is 169 g/mol. The van der Waals surface area contributed by atoms with Crippen molar-refractivity contribution in [3.05, 3.63) is 0 Å². The molecule has 1 unspecified atom stereocenters. The van der Waals surface area contributed by atoms with E-state index in [1.807, 2.05) is 0 Å². The van der Waals surface area contributed by atoms with Crippen molar-refractivity contribution in [2.75, 3.05) is 0 Å². The molecule has 0 aromatic carbocycles. The molecule has 1 fully saturated rings. The molecule has 1 aliphatic carbocycles. The number of ketones is 2. The van der Waals surface area contributed by atoms with Crippen LogP contribution in [0.15, 0.2) is 4.99 Å². The van der Waals surface area contributed by atoms with E-state index in [1.165, 1.54) is 0 Å². The first kappa shape index (κ1) is 8.70. The minimum Gasteiger partial charge on any atom is -0.370 e. The molecule has 0 aromatic rings. The van der Waals surface area contributed by atoms with Crippen molar-refractivity contribution in [3.63, 3.8) is 0 Å². The van der Waals surface area contributed by atoms with E-state index in [4.69, 9.17) is 11.5 Å². The first-order valence-corrected chi connectivity index (χ1v) is 3.77. The zero-order valence-electron chi connectivity index (χ0n) is 6.62. The minimum atomic E-state index is -0.628. The van der Waals surface area contributed by atoms with Gasteiger partial charge in [0.25, 0.3) is 0 Å². The Hall–Kier alpha value is -1.39. The van der Waals surface area contributed by atoms with Crippen LogP contribution >= 0.6 is 0 Å². The SMILES string of the molecule is NC(N)=NC1CCCC(=O)C1=O. The monoisotopic (exact) mass is 169 g/mol. The highest BCUT2D eigenvalue weighted by atomic mass is 16.2. The predicted octanol–water partition coefficient (Wildman–Crippen LogP) is -1.05. The van der Waals surface area contributed by atoms with Gasteiger partial charge in [0, 0.05) is 6.42 Å². The first-order chi connectivity index (χ1) is 5.61. The molecule has 0 bridgehead atoms. The highest BCUT2D eigenvalue weighted by molar-refractivity contribution is 6.39. The van der Waals surface area contributed by atoms with Gasteiger partial charge in [0.05, 0.1) is 0 Å². The number of carbonyl (C=O) groups excluding carboxylic acids is 2. The van der Waals surface area contributed by atoms with E-state index >= 15 is 0 Å². The lowest BCUT2D eigenvalue weighted by molar-refractivity contribution is -0.138. The molecule has 5 heteroatoms. The highest BCUT2D eigenvalue weighted by Gasteiger charge is 2.28. The zero-order valence-corrected chi connectivity index (χ0v) is 6.62. The maximum absolute atomic E-state index is 11.1. The van der Waals surface area contributed by atoms with Crippen molar-refractivity contribution in [3.8, 4) is 0 Å². The van der Waals surface area contributed by atoms with Crippen LogP contribution in [0, 0.1) is 0 Å². The van der Waals surface area contributed by atoms with Gasteiger partial charge in [-0.25, -0.2) is 4.99 Å². The largest absolute Gasteiger partial charge is 0.370 e. The molecule has 66 valence electrons. The molecular weight excluding hydrogens is 158 g/mol. The van der Waals surface area contributed by atoms with Gasteiger partial charge in [-0.15, -0.1) is 0 Å². The highest BCUT2D eigenvalue weighted by Crippen LogP contribution is 2.14. The quantitative estimate of drug-likeness (QED) is 0.297. The van der Waals surface area contributed by atoms with E-state index in [9.17, 15) is 9.59 Å². The molecule has 0 saturated heterocycles. The molecule has 4 N–H and O–H groups in total. The Labute approximate surface area is 69.8 Å². The van der Waals surface area contributed by atoms with E-state index in [2.05, 4.69) is 4.99 Å². The second-order valence-electron chi connectivity index (χ2n) is 2.75. The number of guanidine groups is 1. The van der Waals surface area contributed by atoms with E-state index in [0.29, 0.717) is 19.3 Å². The van der Waals surface area contributed by atoms with Gasteiger partial charge in [-0.3, -0.25) is 9.59 Å². The van der Waals surface area contributed by atoms with Crippen molar-refractivity contribution in [1.29, 1.82) is 0 Å². The Morgan fingerprint density at radius 1 is 1.42 bits per heavy atom. The number of nitrogens with two attached hydrogens (primary N) is 2. The third-order valence-corrected chi connectivity index (χ3v) is 1.76. The summed E-state index contributed by atoms with van der Waals surface area (Å²) in [5, 5.41) is 0. The molecular formula is C7H11N3O2. The smallest absolute Gasteiger partial charge is 0.222 e. The summed E-state index contributed by atoms with van der Waals surface area (Å²) in [6.45, 7) is 0. The summed E-state index contributed by atoms with van der Waals surface area (Å²) in [4.78, 5) is 25.6. The molecule has 1 saturated carbocycles. The second-order valence-corrected chi connectivity index (χ2v) is 2.75. The average Bonchev–Trinajstić information content (AvgIpc) is 1.98. The van der Waals surface area contributed by atoms with Crippen LogP contribution in [-0.4, -0.2) is 23.6 Å². The Kier molecular flexibility index (Phi) is 2.42. The lowest BCUT2D eigenvalue weighted by atomic mass is 9.93. The number of hydrogen-bond donors (Lipinski definition) is 2. The van der Waals surface area contributed by atoms with Crippen LogP contribution in [0.1, 0.15) is 19.3 Å².